The summed E-state index contributed by atoms with van der Waals surface area (Å²) in [5.41, 5.74) is -0.354. The molecule has 2 aromatic rings. The molecule has 6 nitrogen and oxygen atoms in total. The van der Waals surface area contributed by atoms with Crippen molar-refractivity contribution in [2.45, 2.75) is 4.90 Å². The van der Waals surface area contributed by atoms with Crippen molar-refractivity contribution in [1.82, 2.24) is 0 Å². The predicted octanol–water partition coefficient (Wildman–Crippen LogP) is 2.05. The highest BCUT2D eigenvalue weighted by Gasteiger charge is 2.19. The van der Waals surface area contributed by atoms with E-state index >= 15 is 0 Å². The molecule has 0 fully saturated rings. The maximum atomic E-state index is 13.3. The molecule has 0 aliphatic rings. The van der Waals surface area contributed by atoms with Crippen molar-refractivity contribution in [3.05, 3.63) is 58.4 Å². The highest BCUT2D eigenvalue weighted by atomic mass is 32.2. The van der Waals surface area contributed by atoms with E-state index < -0.39 is 26.5 Å². The van der Waals surface area contributed by atoms with Gasteiger partial charge in [0.1, 0.15) is 0 Å². The number of rotatable bonds is 3. The highest BCUT2D eigenvalue weighted by Crippen LogP contribution is 2.30. The molecule has 0 spiro atoms. The predicted molar refractivity (Wildman–Crippen MR) is 69.9 cm³/mol. The third kappa shape index (κ3) is 2.65. The Labute approximate surface area is 113 Å². The summed E-state index contributed by atoms with van der Waals surface area (Å²) in [5, 5.41) is 15.8. The molecule has 0 bridgehead atoms. The lowest BCUT2D eigenvalue weighted by Crippen LogP contribution is -2.13. The van der Waals surface area contributed by atoms with Gasteiger partial charge < -0.3 is 0 Å². The van der Waals surface area contributed by atoms with Crippen LogP contribution in [0, 0.1) is 15.9 Å². The van der Waals surface area contributed by atoms with Crippen molar-refractivity contribution in [3.8, 4) is 11.1 Å². The number of nitrogens with two attached hydrogens (primary N) is 1. The maximum Gasteiger partial charge on any atom is 0.305 e. The Bertz CT molecular complexity index is 790. The lowest BCUT2D eigenvalue weighted by Gasteiger charge is -2.07. The molecule has 2 aromatic carbocycles. The zero-order valence-electron chi connectivity index (χ0n) is 9.99. The highest BCUT2D eigenvalue weighted by molar-refractivity contribution is 7.89. The van der Waals surface area contributed by atoms with Crippen LogP contribution in [-0.2, 0) is 10.0 Å². The molecule has 0 unspecified atom stereocenters. The zero-order chi connectivity index (χ0) is 14.9. The van der Waals surface area contributed by atoms with E-state index in [4.69, 9.17) is 5.14 Å². The van der Waals surface area contributed by atoms with E-state index in [-0.39, 0.29) is 16.0 Å². The minimum absolute atomic E-state index is 0.179. The fraction of sp³-hybridized carbons (Fsp3) is 0. The zero-order valence-corrected chi connectivity index (χ0v) is 10.8. The normalized spacial score (nSPS) is 11.3. The van der Waals surface area contributed by atoms with Crippen LogP contribution < -0.4 is 5.14 Å². The topological polar surface area (TPSA) is 103 Å². The summed E-state index contributed by atoms with van der Waals surface area (Å²) in [6, 6.07) is 8.88. The Morgan fingerprint density at radius 3 is 2.40 bits per heavy atom. The molecule has 8 heteroatoms. The van der Waals surface area contributed by atoms with Gasteiger partial charge in [0.25, 0.3) is 0 Å². The van der Waals surface area contributed by atoms with E-state index in [9.17, 15) is 22.9 Å². The van der Waals surface area contributed by atoms with E-state index in [2.05, 4.69) is 0 Å². The average molecular weight is 296 g/mol. The van der Waals surface area contributed by atoms with Gasteiger partial charge in [-0.3, -0.25) is 10.1 Å². The van der Waals surface area contributed by atoms with Gasteiger partial charge in [0.15, 0.2) is 0 Å². The summed E-state index contributed by atoms with van der Waals surface area (Å²) in [4.78, 5) is 9.65. The van der Waals surface area contributed by atoms with Gasteiger partial charge in [-0.05, 0) is 17.7 Å². The molecule has 0 heterocycles. The lowest BCUT2D eigenvalue weighted by molar-refractivity contribution is -0.387. The Morgan fingerprint density at radius 1 is 1.15 bits per heavy atom. The maximum absolute atomic E-state index is 13.3. The Balaban J connectivity index is 2.70. The second kappa shape index (κ2) is 4.99. The molecule has 2 rings (SSSR count). The van der Waals surface area contributed by atoms with Crippen molar-refractivity contribution < 1.29 is 17.7 Å². The van der Waals surface area contributed by atoms with E-state index in [1.807, 2.05) is 0 Å². The average Bonchev–Trinajstić information content (AvgIpc) is 2.38. The molecule has 0 aromatic heterocycles. The third-order valence-electron chi connectivity index (χ3n) is 2.65. The van der Waals surface area contributed by atoms with Gasteiger partial charge in [0.2, 0.25) is 15.8 Å². The number of benzene rings is 2. The second-order valence-corrected chi connectivity index (χ2v) is 5.49. The fourth-order valence-corrected chi connectivity index (χ4v) is 2.53. The number of hydrogen-bond donors (Lipinski definition) is 1. The van der Waals surface area contributed by atoms with E-state index in [0.29, 0.717) is 0 Å². The molecule has 2 N–H and O–H groups in total. The Kier molecular flexibility index (Phi) is 3.51. The smallest absolute Gasteiger partial charge is 0.258 e. The van der Waals surface area contributed by atoms with Crippen LogP contribution in [0.3, 0.4) is 0 Å². The molecule has 0 saturated heterocycles. The summed E-state index contributed by atoms with van der Waals surface area (Å²) in [6.07, 6.45) is 0. The number of hydrogen-bond acceptors (Lipinski definition) is 4. The summed E-state index contributed by atoms with van der Waals surface area (Å²) in [7, 11) is -3.99. The molecular formula is C12H9FN2O4S. The van der Waals surface area contributed by atoms with Crippen LogP contribution in [0.1, 0.15) is 0 Å². The standard InChI is InChI=1S/C12H9FN2O4S/c13-10-6-5-8(7-11(10)15(16)17)9-3-1-2-4-12(9)20(14,18)19/h1-7H,(H2,14,18,19). The molecule has 0 aliphatic carbocycles. The SMILES string of the molecule is NS(=O)(=O)c1ccccc1-c1ccc(F)c([N+](=O)[O-])c1. The first kappa shape index (κ1) is 14.1. The van der Waals surface area contributed by atoms with Crippen LogP contribution >= 0.6 is 0 Å². The van der Waals surface area contributed by atoms with Crippen molar-refractivity contribution in [2.24, 2.45) is 5.14 Å². The quantitative estimate of drug-likeness (QED) is 0.691. The summed E-state index contributed by atoms with van der Waals surface area (Å²) in [5.74, 6) is -0.994. The van der Waals surface area contributed by atoms with Gasteiger partial charge in [-0.2, -0.15) is 4.39 Å². The van der Waals surface area contributed by atoms with E-state index in [1.165, 1.54) is 24.3 Å². The van der Waals surface area contributed by atoms with Crippen molar-refractivity contribution in [3.63, 3.8) is 0 Å². The molecule has 0 radical (unpaired) electrons. The lowest BCUT2D eigenvalue weighted by atomic mass is 10.0. The first-order chi connectivity index (χ1) is 9.30. The van der Waals surface area contributed by atoms with Gasteiger partial charge in [-0.25, -0.2) is 13.6 Å². The largest absolute Gasteiger partial charge is 0.305 e. The van der Waals surface area contributed by atoms with Crippen molar-refractivity contribution >= 4 is 15.7 Å². The molecule has 20 heavy (non-hydrogen) atoms. The van der Waals surface area contributed by atoms with Crippen molar-refractivity contribution in [1.29, 1.82) is 0 Å². The Hall–Kier alpha value is -2.32. The summed E-state index contributed by atoms with van der Waals surface area (Å²) < 4.78 is 36.3. The van der Waals surface area contributed by atoms with Crippen LogP contribution in [0.2, 0.25) is 0 Å². The summed E-state index contributed by atoms with van der Waals surface area (Å²) in [6.45, 7) is 0. The first-order valence-corrected chi connectivity index (χ1v) is 6.91. The molecule has 0 saturated carbocycles. The molecule has 0 atom stereocenters. The van der Waals surface area contributed by atoms with Crippen molar-refractivity contribution in [2.75, 3.05) is 0 Å². The van der Waals surface area contributed by atoms with Crippen LogP contribution in [0.5, 0.6) is 0 Å². The second-order valence-electron chi connectivity index (χ2n) is 3.96. The molecule has 0 amide bonds. The number of nitro benzene ring substituents is 1. The molecule has 0 aliphatic heterocycles. The minimum Gasteiger partial charge on any atom is -0.258 e. The summed E-state index contributed by atoms with van der Waals surface area (Å²) >= 11 is 0. The minimum atomic E-state index is -3.99. The number of halogens is 1. The van der Waals surface area contributed by atoms with Gasteiger partial charge in [0.05, 0.1) is 9.82 Å². The molecular weight excluding hydrogens is 287 g/mol. The van der Waals surface area contributed by atoms with Gasteiger partial charge in [-0.1, -0.05) is 24.3 Å². The van der Waals surface area contributed by atoms with Crippen LogP contribution in [0.15, 0.2) is 47.4 Å². The number of nitrogens with zero attached hydrogens (tertiary/aromatic N) is 1. The van der Waals surface area contributed by atoms with Crippen LogP contribution in [0.25, 0.3) is 11.1 Å². The third-order valence-corrected chi connectivity index (χ3v) is 3.62. The van der Waals surface area contributed by atoms with E-state index in [0.717, 1.165) is 12.1 Å². The monoisotopic (exact) mass is 296 g/mol. The number of sulfonamides is 1. The van der Waals surface area contributed by atoms with Gasteiger partial charge in [0, 0.05) is 11.6 Å². The number of primary sulfonamides is 1. The number of nitro groups is 1. The first-order valence-electron chi connectivity index (χ1n) is 5.37. The molecule has 104 valence electrons. The van der Waals surface area contributed by atoms with E-state index in [1.54, 1.807) is 6.07 Å². The Morgan fingerprint density at radius 2 is 1.80 bits per heavy atom. The van der Waals surface area contributed by atoms with Crippen LogP contribution in [0.4, 0.5) is 10.1 Å². The fourth-order valence-electron chi connectivity index (χ4n) is 1.77. The van der Waals surface area contributed by atoms with Gasteiger partial charge in [-0.15, -0.1) is 0 Å². The van der Waals surface area contributed by atoms with Crippen LogP contribution in [-0.4, -0.2) is 13.3 Å². The van der Waals surface area contributed by atoms with Gasteiger partial charge >= 0.3 is 5.69 Å².